The van der Waals surface area contributed by atoms with E-state index in [4.69, 9.17) is 4.18 Å². The van der Waals surface area contributed by atoms with E-state index >= 15 is 0 Å². The van der Waals surface area contributed by atoms with Gasteiger partial charge in [-0.25, -0.2) is 0 Å². The third kappa shape index (κ3) is 7.04. The quantitative estimate of drug-likeness (QED) is 0.522. The van der Waals surface area contributed by atoms with Crippen molar-refractivity contribution in [2.75, 3.05) is 12.9 Å². The van der Waals surface area contributed by atoms with Gasteiger partial charge in [-0.05, 0) is 24.7 Å². The zero-order chi connectivity index (χ0) is 12.7. The Morgan fingerprint density at radius 3 is 2.18 bits per heavy atom. The lowest BCUT2D eigenvalue weighted by Gasteiger charge is -2.28. The first-order valence-corrected chi connectivity index (χ1v) is 8.67. The molecule has 17 heavy (non-hydrogen) atoms. The Kier molecular flexibility index (Phi) is 6.49. The van der Waals surface area contributed by atoms with Crippen LogP contribution < -0.4 is 0 Å². The topological polar surface area (TPSA) is 43.4 Å². The predicted molar refractivity (Wildman–Crippen MR) is 70.4 cm³/mol. The van der Waals surface area contributed by atoms with Gasteiger partial charge in [-0.2, -0.15) is 8.42 Å². The predicted octanol–water partition coefficient (Wildman–Crippen LogP) is 3.35. The second-order valence-electron chi connectivity index (χ2n) is 5.37. The third-order valence-corrected chi connectivity index (χ3v) is 4.26. The Morgan fingerprint density at radius 2 is 1.65 bits per heavy atom. The molecule has 1 aliphatic carbocycles. The summed E-state index contributed by atoms with van der Waals surface area (Å²) in [4.78, 5) is 0. The molecule has 0 radical (unpaired) electrons. The fourth-order valence-corrected chi connectivity index (χ4v) is 3.03. The molecule has 0 bridgehead atoms. The average molecular weight is 262 g/mol. The van der Waals surface area contributed by atoms with Crippen LogP contribution in [-0.4, -0.2) is 21.3 Å². The summed E-state index contributed by atoms with van der Waals surface area (Å²) < 4.78 is 26.7. The van der Waals surface area contributed by atoms with Gasteiger partial charge in [-0.3, -0.25) is 4.18 Å². The molecule has 1 saturated carbocycles. The minimum absolute atomic E-state index is 0.389. The molecule has 1 rings (SSSR count). The summed E-state index contributed by atoms with van der Waals surface area (Å²) in [6, 6.07) is 0. The fraction of sp³-hybridized carbons (Fsp3) is 1.00. The molecule has 0 amide bonds. The Balaban J connectivity index is 2.13. The normalized spacial score (nSPS) is 26.0. The van der Waals surface area contributed by atoms with Gasteiger partial charge in [0.1, 0.15) is 0 Å². The van der Waals surface area contributed by atoms with Crippen LogP contribution in [0.5, 0.6) is 0 Å². The van der Waals surface area contributed by atoms with Gasteiger partial charge in [-0.1, -0.05) is 45.4 Å². The number of hydrogen-bond donors (Lipinski definition) is 0. The first kappa shape index (κ1) is 15.0. The highest BCUT2D eigenvalue weighted by Crippen LogP contribution is 2.32. The van der Waals surface area contributed by atoms with E-state index in [1.807, 2.05) is 0 Å². The number of rotatable bonds is 7. The van der Waals surface area contributed by atoms with Crippen molar-refractivity contribution in [2.24, 2.45) is 11.8 Å². The molecule has 0 N–H and O–H groups in total. The summed E-state index contributed by atoms with van der Waals surface area (Å²) in [7, 11) is -3.25. The van der Waals surface area contributed by atoms with Crippen molar-refractivity contribution in [3.05, 3.63) is 0 Å². The van der Waals surface area contributed by atoms with Crippen molar-refractivity contribution in [3.63, 3.8) is 0 Å². The Morgan fingerprint density at radius 1 is 1.06 bits per heavy atom. The molecular weight excluding hydrogens is 236 g/mol. The molecule has 0 spiro atoms. The molecule has 0 aromatic rings. The van der Waals surface area contributed by atoms with E-state index in [0.717, 1.165) is 25.0 Å². The molecule has 0 atom stereocenters. The summed E-state index contributed by atoms with van der Waals surface area (Å²) in [5.74, 6) is 1.32. The largest absolute Gasteiger partial charge is 0.270 e. The minimum Gasteiger partial charge on any atom is -0.270 e. The summed E-state index contributed by atoms with van der Waals surface area (Å²) in [5, 5.41) is 0. The van der Waals surface area contributed by atoms with E-state index in [-0.39, 0.29) is 0 Å². The van der Waals surface area contributed by atoms with E-state index in [1.54, 1.807) is 0 Å². The van der Waals surface area contributed by atoms with Crippen molar-refractivity contribution in [3.8, 4) is 0 Å². The Labute approximate surface area is 106 Å². The molecule has 1 fully saturated rings. The second-order valence-corrected chi connectivity index (χ2v) is 7.02. The molecule has 0 heterocycles. The highest BCUT2D eigenvalue weighted by Gasteiger charge is 2.21. The molecule has 0 aromatic heterocycles. The first-order valence-electron chi connectivity index (χ1n) is 6.85. The SMILES string of the molecule is CCCCCC1CCC(COS(C)(=O)=O)CC1. The highest BCUT2D eigenvalue weighted by atomic mass is 32.2. The van der Waals surface area contributed by atoms with Gasteiger partial charge in [0.2, 0.25) is 0 Å². The zero-order valence-electron chi connectivity index (χ0n) is 11.2. The highest BCUT2D eigenvalue weighted by molar-refractivity contribution is 7.85. The van der Waals surface area contributed by atoms with E-state index in [0.29, 0.717) is 12.5 Å². The molecule has 4 heteroatoms. The van der Waals surface area contributed by atoms with Crippen LogP contribution in [0.4, 0.5) is 0 Å². The Hall–Kier alpha value is -0.0900. The number of unbranched alkanes of at least 4 members (excludes halogenated alkanes) is 2. The second kappa shape index (κ2) is 7.37. The standard InChI is InChI=1S/C13H26O3S/c1-3-4-5-6-12-7-9-13(10-8-12)11-16-17(2,14)15/h12-13H,3-11H2,1-2H3. The van der Waals surface area contributed by atoms with Crippen LogP contribution in [-0.2, 0) is 14.3 Å². The molecule has 0 saturated heterocycles. The summed E-state index contributed by atoms with van der Waals surface area (Å²) >= 11 is 0. The lowest BCUT2D eigenvalue weighted by molar-refractivity contribution is 0.182. The van der Waals surface area contributed by atoms with Gasteiger partial charge in [-0.15, -0.1) is 0 Å². The van der Waals surface area contributed by atoms with E-state index in [1.165, 1.54) is 38.5 Å². The maximum absolute atomic E-state index is 10.9. The molecule has 0 aromatic carbocycles. The molecule has 1 aliphatic rings. The van der Waals surface area contributed by atoms with Crippen LogP contribution in [0.15, 0.2) is 0 Å². The van der Waals surface area contributed by atoms with Crippen molar-refractivity contribution < 1.29 is 12.6 Å². The van der Waals surface area contributed by atoms with Crippen molar-refractivity contribution in [1.82, 2.24) is 0 Å². The zero-order valence-corrected chi connectivity index (χ0v) is 12.0. The van der Waals surface area contributed by atoms with Crippen LogP contribution in [0.1, 0.15) is 58.3 Å². The van der Waals surface area contributed by atoms with E-state index in [2.05, 4.69) is 6.92 Å². The lowest BCUT2D eigenvalue weighted by Crippen LogP contribution is -2.20. The third-order valence-electron chi connectivity index (χ3n) is 3.70. The van der Waals surface area contributed by atoms with Gasteiger partial charge in [0.25, 0.3) is 10.1 Å². The van der Waals surface area contributed by atoms with Crippen LogP contribution >= 0.6 is 0 Å². The summed E-state index contributed by atoms with van der Waals surface area (Å²) in [6.45, 7) is 2.62. The van der Waals surface area contributed by atoms with E-state index in [9.17, 15) is 8.42 Å². The molecule has 102 valence electrons. The van der Waals surface area contributed by atoms with Crippen molar-refractivity contribution in [1.29, 1.82) is 0 Å². The molecule has 3 nitrogen and oxygen atoms in total. The van der Waals surface area contributed by atoms with Crippen LogP contribution in [0.3, 0.4) is 0 Å². The smallest absolute Gasteiger partial charge is 0.264 e. The van der Waals surface area contributed by atoms with Gasteiger partial charge in [0, 0.05) is 0 Å². The Bertz CT molecular complexity index is 290. The van der Waals surface area contributed by atoms with Gasteiger partial charge in [0.15, 0.2) is 0 Å². The van der Waals surface area contributed by atoms with Crippen LogP contribution in [0, 0.1) is 11.8 Å². The van der Waals surface area contributed by atoms with Crippen LogP contribution in [0.2, 0.25) is 0 Å². The van der Waals surface area contributed by atoms with Gasteiger partial charge in [0.05, 0.1) is 12.9 Å². The van der Waals surface area contributed by atoms with Gasteiger partial charge < -0.3 is 0 Å². The maximum atomic E-state index is 10.9. The van der Waals surface area contributed by atoms with Crippen molar-refractivity contribution >= 4 is 10.1 Å². The molecule has 0 unspecified atom stereocenters. The molecule has 0 aliphatic heterocycles. The summed E-state index contributed by atoms with van der Waals surface area (Å²) in [5.41, 5.74) is 0. The monoisotopic (exact) mass is 262 g/mol. The molecular formula is C13H26O3S. The lowest BCUT2D eigenvalue weighted by atomic mass is 9.80. The van der Waals surface area contributed by atoms with Gasteiger partial charge >= 0.3 is 0 Å². The first-order chi connectivity index (χ1) is 8.01. The fourth-order valence-electron chi connectivity index (χ4n) is 2.59. The average Bonchev–Trinajstić information content (AvgIpc) is 2.27. The van der Waals surface area contributed by atoms with Crippen molar-refractivity contribution in [2.45, 2.75) is 58.3 Å². The maximum Gasteiger partial charge on any atom is 0.264 e. The number of hydrogen-bond acceptors (Lipinski definition) is 3. The minimum atomic E-state index is -3.25. The van der Waals surface area contributed by atoms with E-state index < -0.39 is 10.1 Å². The summed E-state index contributed by atoms with van der Waals surface area (Å²) in [6.07, 6.45) is 11.2. The van der Waals surface area contributed by atoms with Crippen LogP contribution in [0.25, 0.3) is 0 Å².